The molecule has 3 aromatic rings. The summed E-state index contributed by atoms with van der Waals surface area (Å²) in [5, 5.41) is 2.79. The fourth-order valence-corrected chi connectivity index (χ4v) is 4.08. The molecule has 0 atom stereocenters. The van der Waals surface area contributed by atoms with Crippen molar-refractivity contribution in [1.29, 1.82) is 0 Å². The molecule has 0 saturated heterocycles. The molecule has 5 heteroatoms. The molecule has 1 amide bonds. The molecule has 0 bridgehead atoms. The van der Waals surface area contributed by atoms with Crippen LogP contribution in [0, 0.1) is 0 Å². The highest BCUT2D eigenvalue weighted by Gasteiger charge is 2.28. The van der Waals surface area contributed by atoms with Gasteiger partial charge in [-0.15, -0.1) is 0 Å². The smallest absolute Gasteiger partial charge is 0.407 e. The normalized spacial score (nSPS) is 12.3. The maximum atomic E-state index is 12.2. The van der Waals surface area contributed by atoms with Crippen LogP contribution in [-0.2, 0) is 4.74 Å². The van der Waals surface area contributed by atoms with E-state index in [2.05, 4.69) is 29.6 Å². The number of amides is 1. The largest absolute Gasteiger partial charge is 0.496 e. The molecule has 0 saturated carbocycles. The summed E-state index contributed by atoms with van der Waals surface area (Å²) in [7, 11) is 1.53. The number of methoxy groups -OCH3 is 1. The van der Waals surface area contributed by atoms with E-state index >= 15 is 0 Å². The summed E-state index contributed by atoms with van der Waals surface area (Å²) in [6.45, 7) is 0.764. The lowest BCUT2D eigenvalue weighted by Gasteiger charge is -2.14. The van der Waals surface area contributed by atoms with Crippen LogP contribution in [0.3, 0.4) is 0 Å². The van der Waals surface area contributed by atoms with E-state index < -0.39 is 6.09 Å². The van der Waals surface area contributed by atoms with Crippen molar-refractivity contribution in [3.8, 4) is 16.9 Å². The van der Waals surface area contributed by atoms with Crippen LogP contribution in [0.5, 0.6) is 5.75 Å². The summed E-state index contributed by atoms with van der Waals surface area (Å²) >= 11 is 0. The van der Waals surface area contributed by atoms with Crippen molar-refractivity contribution < 1.29 is 19.1 Å². The molecular weight excluding hydrogens is 402 g/mol. The van der Waals surface area contributed by atoms with Crippen molar-refractivity contribution in [2.45, 2.75) is 12.3 Å². The second-order valence-electron chi connectivity index (χ2n) is 7.56. The van der Waals surface area contributed by atoms with E-state index in [1.807, 2.05) is 42.5 Å². The van der Waals surface area contributed by atoms with Crippen molar-refractivity contribution in [1.82, 2.24) is 5.32 Å². The Morgan fingerprint density at radius 2 is 1.69 bits per heavy atom. The number of hydrogen-bond donors (Lipinski definition) is 1. The van der Waals surface area contributed by atoms with E-state index in [1.165, 1.54) is 29.4 Å². The van der Waals surface area contributed by atoms with E-state index in [-0.39, 0.29) is 5.92 Å². The molecule has 3 aromatic carbocycles. The summed E-state index contributed by atoms with van der Waals surface area (Å²) in [5.74, 6) is 0.601. The second-order valence-corrected chi connectivity index (χ2v) is 7.56. The molecule has 1 aliphatic rings. The van der Waals surface area contributed by atoms with Crippen LogP contribution in [0.1, 0.15) is 39.4 Å². The van der Waals surface area contributed by atoms with E-state index in [9.17, 15) is 9.59 Å². The monoisotopic (exact) mass is 427 g/mol. The van der Waals surface area contributed by atoms with Crippen molar-refractivity contribution in [3.05, 3.63) is 95.1 Å². The number of aldehydes is 1. The van der Waals surface area contributed by atoms with E-state index in [0.717, 1.165) is 11.8 Å². The zero-order valence-electron chi connectivity index (χ0n) is 17.9. The Bertz CT molecular complexity index is 1110. The summed E-state index contributed by atoms with van der Waals surface area (Å²) in [6, 6.07) is 21.9. The third-order valence-electron chi connectivity index (χ3n) is 5.62. The Morgan fingerprint density at radius 3 is 2.34 bits per heavy atom. The molecule has 4 rings (SSSR count). The Hall–Kier alpha value is -3.86. The third-order valence-corrected chi connectivity index (χ3v) is 5.62. The Labute approximate surface area is 187 Å². The molecule has 0 aliphatic heterocycles. The number of benzene rings is 3. The van der Waals surface area contributed by atoms with Crippen molar-refractivity contribution >= 4 is 18.5 Å². The van der Waals surface area contributed by atoms with Gasteiger partial charge in [-0.1, -0.05) is 66.7 Å². The molecule has 0 heterocycles. The van der Waals surface area contributed by atoms with Gasteiger partial charge in [0.15, 0.2) is 6.29 Å². The summed E-state index contributed by atoms with van der Waals surface area (Å²) in [4.78, 5) is 23.3. The number of hydrogen-bond acceptors (Lipinski definition) is 4. The molecule has 32 heavy (non-hydrogen) atoms. The maximum absolute atomic E-state index is 12.2. The first-order chi connectivity index (χ1) is 15.7. The van der Waals surface area contributed by atoms with Crippen LogP contribution in [-0.4, -0.2) is 32.6 Å². The van der Waals surface area contributed by atoms with E-state index in [4.69, 9.17) is 9.47 Å². The van der Waals surface area contributed by atoms with Gasteiger partial charge in [0.1, 0.15) is 12.4 Å². The lowest BCUT2D eigenvalue weighted by molar-refractivity contribution is 0.112. The summed E-state index contributed by atoms with van der Waals surface area (Å²) in [5.41, 5.74) is 6.20. The van der Waals surface area contributed by atoms with Crippen LogP contribution < -0.4 is 10.1 Å². The molecule has 0 radical (unpaired) electrons. The minimum Gasteiger partial charge on any atom is -0.496 e. The average Bonchev–Trinajstić information content (AvgIpc) is 3.16. The zero-order chi connectivity index (χ0) is 22.3. The fraction of sp³-hybridized carbons (Fsp3) is 0.185. The average molecular weight is 428 g/mol. The highest BCUT2D eigenvalue weighted by Crippen LogP contribution is 2.44. The fourth-order valence-electron chi connectivity index (χ4n) is 4.08. The van der Waals surface area contributed by atoms with Gasteiger partial charge < -0.3 is 14.8 Å². The molecule has 1 N–H and O–H groups in total. The standard InChI is InChI=1S/C27H25NO4/c1-31-26-14-13-19(16-20(26)17-29)8-6-7-15-28-27(30)32-18-25-23-11-4-2-9-21(23)22-10-3-5-12-24(22)25/h2-6,8-14,16-17,25H,7,15,18H2,1H3,(H,28,30). The quantitative estimate of drug-likeness (QED) is 0.384. The minimum absolute atomic E-state index is 0.0510. The number of carbonyl (C=O) groups excluding carboxylic acids is 2. The summed E-state index contributed by atoms with van der Waals surface area (Å²) < 4.78 is 10.7. The van der Waals surface area contributed by atoms with Gasteiger partial charge in [-0.25, -0.2) is 4.79 Å². The molecule has 0 aromatic heterocycles. The molecule has 162 valence electrons. The van der Waals surface area contributed by atoms with Crippen LogP contribution in [0.2, 0.25) is 0 Å². The van der Waals surface area contributed by atoms with Gasteiger partial charge >= 0.3 is 6.09 Å². The predicted octanol–water partition coefficient (Wildman–Crippen LogP) is 5.45. The Morgan fingerprint density at radius 1 is 1.00 bits per heavy atom. The molecule has 1 aliphatic carbocycles. The van der Waals surface area contributed by atoms with Gasteiger partial charge in [0.25, 0.3) is 0 Å². The first kappa shape index (κ1) is 21.4. The number of ether oxygens (including phenoxy) is 2. The van der Waals surface area contributed by atoms with Crippen molar-refractivity contribution in [3.63, 3.8) is 0 Å². The van der Waals surface area contributed by atoms with E-state index in [1.54, 1.807) is 12.1 Å². The molecule has 5 nitrogen and oxygen atoms in total. The number of alkyl carbamates (subject to hydrolysis) is 1. The number of nitrogens with one attached hydrogen (secondary N) is 1. The predicted molar refractivity (Wildman–Crippen MR) is 125 cm³/mol. The minimum atomic E-state index is -0.423. The molecular formula is C27H25NO4. The lowest BCUT2D eigenvalue weighted by Crippen LogP contribution is -2.26. The highest BCUT2D eigenvalue weighted by atomic mass is 16.5. The third kappa shape index (κ3) is 4.57. The van der Waals surface area contributed by atoms with Crippen LogP contribution in [0.15, 0.2) is 72.8 Å². The van der Waals surface area contributed by atoms with E-state index in [0.29, 0.717) is 30.9 Å². The topological polar surface area (TPSA) is 64.6 Å². The highest BCUT2D eigenvalue weighted by molar-refractivity contribution is 5.81. The van der Waals surface area contributed by atoms with Gasteiger partial charge in [-0.2, -0.15) is 0 Å². The van der Waals surface area contributed by atoms with Crippen molar-refractivity contribution in [2.24, 2.45) is 0 Å². The number of carbonyl (C=O) groups is 2. The molecule has 0 spiro atoms. The van der Waals surface area contributed by atoms with Gasteiger partial charge in [0.05, 0.1) is 12.7 Å². The van der Waals surface area contributed by atoms with Crippen LogP contribution >= 0.6 is 0 Å². The van der Waals surface area contributed by atoms with Gasteiger partial charge in [0.2, 0.25) is 0 Å². The van der Waals surface area contributed by atoms with Gasteiger partial charge in [-0.3, -0.25) is 4.79 Å². The first-order valence-electron chi connectivity index (χ1n) is 10.6. The SMILES string of the molecule is COc1ccc(C=CCCNC(=O)OCC2c3ccccc3-c3ccccc32)cc1C=O. The molecule has 0 fully saturated rings. The summed E-state index contributed by atoms with van der Waals surface area (Å²) in [6.07, 6.45) is 4.85. The van der Waals surface area contributed by atoms with Gasteiger partial charge in [-0.05, 0) is 46.4 Å². The van der Waals surface area contributed by atoms with Crippen molar-refractivity contribution in [2.75, 3.05) is 20.3 Å². The Balaban J connectivity index is 1.27. The second kappa shape index (κ2) is 9.96. The first-order valence-corrected chi connectivity index (χ1v) is 10.6. The van der Waals surface area contributed by atoms with Gasteiger partial charge in [0, 0.05) is 12.5 Å². The Kier molecular flexibility index (Phi) is 6.66. The number of fused-ring (bicyclic) bond motifs is 3. The van der Waals surface area contributed by atoms with Crippen LogP contribution in [0.25, 0.3) is 17.2 Å². The van der Waals surface area contributed by atoms with Crippen LogP contribution in [0.4, 0.5) is 4.79 Å². The maximum Gasteiger partial charge on any atom is 0.407 e. The number of rotatable bonds is 8. The molecule has 0 unspecified atom stereocenters. The zero-order valence-corrected chi connectivity index (χ0v) is 17.9. The lowest BCUT2D eigenvalue weighted by atomic mass is 9.98.